The molecule has 0 bridgehead atoms. The number of sulfonamides is 1. The Labute approximate surface area is 248 Å². The Kier molecular flexibility index (Phi) is 11.2. The van der Waals surface area contributed by atoms with Crippen molar-refractivity contribution in [1.82, 2.24) is 10.2 Å². The number of aryl methyl sites for hydroxylation is 1. The van der Waals surface area contributed by atoms with Gasteiger partial charge in [-0.05, 0) is 55.2 Å². The van der Waals surface area contributed by atoms with Gasteiger partial charge in [0.2, 0.25) is 21.8 Å². The maximum absolute atomic E-state index is 14.2. The van der Waals surface area contributed by atoms with Gasteiger partial charge in [-0.2, -0.15) is 0 Å². The number of hydrogen-bond acceptors (Lipinski definition) is 5. The summed E-state index contributed by atoms with van der Waals surface area (Å²) in [5.74, 6) is -0.580. The van der Waals surface area contributed by atoms with Crippen LogP contribution in [0.4, 0.5) is 5.69 Å². The highest BCUT2D eigenvalue weighted by Gasteiger charge is 2.34. The Hall–Kier alpha value is -3.56. The molecule has 0 unspecified atom stereocenters. The van der Waals surface area contributed by atoms with E-state index >= 15 is 0 Å². The van der Waals surface area contributed by atoms with Crippen molar-refractivity contribution in [3.8, 4) is 5.75 Å². The predicted octanol–water partition coefficient (Wildman–Crippen LogP) is 4.98. The van der Waals surface area contributed by atoms with E-state index < -0.39 is 28.5 Å². The molecule has 0 aliphatic rings. The molecule has 220 valence electrons. The molecular weight excluding hydrogens is 562 g/mol. The third-order valence-electron chi connectivity index (χ3n) is 6.85. The van der Waals surface area contributed by atoms with Crippen LogP contribution >= 0.6 is 11.6 Å². The van der Waals surface area contributed by atoms with Crippen molar-refractivity contribution in [3.05, 3.63) is 94.5 Å². The summed E-state index contributed by atoms with van der Waals surface area (Å²) in [6.07, 6.45) is 1.97. The molecule has 3 aromatic rings. The normalized spacial score (nSPS) is 12.7. The number of benzene rings is 3. The fourth-order valence-corrected chi connectivity index (χ4v) is 5.44. The van der Waals surface area contributed by atoms with Crippen LogP contribution in [0.3, 0.4) is 0 Å². The Balaban J connectivity index is 2.11. The van der Waals surface area contributed by atoms with E-state index in [1.807, 2.05) is 51.1 Å². The first-order valence-corrected chi connectivity index (χ1v) is 15.7. The number of ether oxygens (including phenoxy) is 1. The molecule has 0 spiro atoms. The Morgan fingerprint density at radius 3 is 2.29 bits per heavy atom. The second-order valence-electron chi connectivity index (χ2n) is 10.1. The molecule has 2 atom stereocenters. The largest absolute Gasteiger partial charge is 0.495 e. The van der Waals surface area contributed by atoms with Gasteiger partial charge in [-0.25, -0.2) is 8.42 Å². The SMILES string of the molecule is CC[C@H](C)NC(=O)[C@H](Cc1ccccc1)N(Cc1ccccc1Cl)C(=O)CN(c1cc(C)ccc1OC)S(C)(=O)=O. The molecule has 0 saturated carbocycles. The van der Waals surface area contributed by atoms with Gasteiger partial charge in [0.15, 0.2) is 0 Å². The second kappa shape index (κ2) is 14.4. The highest BCUT2D eigenvalue weighted by molar-refractivity contribution is 7.92. The molecule has 10 heteroatoms. The molecule has 0 fully saturated rings. The summed E-state index contributed by atoms with van der Waals surface area (Å²) >= 11 is 6.49. The highest BCUT2D eigenvalue weighted by Crippen LogP contribution is 2.31. The van der Waals surface area contributed by atoms with Gasteiger partial charge in [0, 0.05) is 24.0 Å². The van der Waals surface area contributed by atoms with E-state index in [4.69, 9.17) is 16.3 Å². The van der Waals surface area contributed by atoms with Crippen LogP contribution in [0.1, 0.15) is 37.0 Å². The lowest BCUT2D eigenvalue weighted by Crippen LogP contribution is -2.54. The molecular formula is C31H38ClN3O5S. The van der Waals surface area contributed by atoms with Crippen molar-refractivity contribution < 1.29 is 22.7 Å². The molecule has 0 aliphatic carbocycles. The monoisotopic (exact) mass is 599 g/mol. The number of halogens is 1. The average molecular weight is 600 g/mol. The molecule has 0 saturated heterocycles. The van der Waals surface area contributed by atoms with Gasteiger partial charge in [0.1, 0.15) is 18.3 Å². The number of carbonyl (C=O) groups excluding carboxylic acids is 2. The van der Waals surface area contributed by atoms with Gasteiger partial charge in [-0.15, -0.1) is 0 Å². The van der Waals surface area contributed by atoms with E-state index in [-0.39, 0.29) is 30.6 Å². The molecule has 0 aliphatic heterocycles. The Morgan fingerprint density at radius 1 is 1.02 bits per heavy atom. The molecule has 0 heterocycles. The van der Waals surface area contributed by atoms with Crippen LogP contribution in [0.15, 0.2) is 72.8 Å². The Bertz CT molecular complexity index is 1450. The smallest absolute Gasteiger partial charge is 0.244 e. The summed E-state index contributed by atoms with van der Waals surface area (Å²) in [5, 5.41) is 3.45. The minimum Gasteiger partial charge on any atom is -0.495 e. The third-order valence-corrected chi connectivity index (χ3v) is 8.35. The van der Waals surface area contributed by atoms with Crippen LogP contribution in [0, 0.1) is 6.92 Å². The number of nitrogens with zero attached hydrogens (tertiary/aromatic N) is 2. The minimum atomic E-state index is -3.93. The topological polar surface area (TPSA) is 96.0 Å². The van der Waals surface area contributed by atoms with E-state index in [9.17, 15) is 18.0 Å². The van der Waals surface area contributed by atoms with Gasteiger partial charge < -0.3 is 15.0 Å². The van der Waals surface area contributed by atoms with E-state index in [1.54, 1.807) is 42.5 Å². The van der Waals surface area contributed by atoms with Gasteiger partial charge in [0.05, 0.1) is 19.1 Å². The number of nitrogens with one attached hydrogen (secondary N) is 1. The van der Waals surface area contributed by atoms with E-state index in [0.717, 1.165) is 21.7 Å². The molecule has 1 N–H and O–H groups in total. The summed E-state index contributed by atoms with van der Waals surface area (Å²) in [7, 11) is -2.49. The first-order chi connectivity index (χ1) is 19.4. The number of amides is 2. The van der Waals surface area contributed by atoms with E-state index in [1.165, 1.54) is 12.0 Å². The van der Waals surface area contributed by atoms with Crippen molar-refractivity contribution >= 4 is 39.1 Å². The zero-order chi connectivity index (χ0) is 30.2. The molecule has 8 nitrogen and oxygen atoms in total. The first-order valence-electron chi connectivity index (χ1n) is 13.4. The lowest BCUT2D eigenvalue weighted by atomic mass is 10.0. The zero-order valence-corrected chi connectivity index (χ0v) is 25.7. The van der Waals surface area contributed by atoms with Crippen LogP contribution in [-0.4, -0.2) is 57.1 Å². The molecule has 3 aromatic carbocycles. The predicted molar refractivity (Wildman–Crippen MR) is 164 cm³/mol. The quantitative estimate of drug-likeness (QED) is 0.299. The maximum atomic E-state index is 14.2. The summed E-state index contributed by atoms with van der Waals surface area (Å²) in [5.41, 5.74) is 2.53. The molecule has 0 radical (unpaired) electrons. The number of hydrogen-bond donors (Lipinski definition) is 1. The Morgan fingerprint density at radius 2 is 1.68 bits per heavy atom. The number of rotatable bonds is 13. The van der Waals surface area contributed by atoms with E-state index in [0.29, 0.717) is 22.8 Å². The summed E-state index contributed by atoms with van der Waals surface area (Å²) in [6.45, 7) is 5.15. The van der Waals surface area contributed by atoms with E-state index in [2.05, 4.69) is 5.32 Å². The number of methoxy groups -OCH3 is 1. The molecule has 0 aromatic heterocycles. The average Bonchev–Trinajstić information content (AvgIpc) is 2.94. The zero-order valence-electron chi connectivity index (χ0n) is 24.1. The van der Waals surface area contributed by atoms with Crippen molar-refractivity contribution in [2.45, 2.75) is 52.2 Å². The molecule has 2 amide bonds. The van der Waals surface area contributed by atoms with Gasteiger partial charge >= 0.3 is 0 Å². The summed E-state index contributed by atoms with van der Waals surface area (Å²) in [6, 6.07) is 20.5. The van der Waals surface area contributed by atoms with Crippen molar-refractivity contribution in [2.75, 3.05) is 24.2 Å². The first kappa shape index (κ1) is 32.0. The number of anilines is 1. The van der Waals surface area contributed by atoms with Crippen molar-refractivity contribution in [3.63, 3.8) is 0 Å². The minimum absolute atomic E-state index is 0.00644. The molecule has 41 heavy (non-hydrogen) atoms. The van der Waals surface area contributed by atoms with Crippen molar-refractivity contribution in [2.24, 2.45) is 0 Å². The van der Waals surface area contributed by atoms with Gasteiger partial charge in [0.25, 0.3) is 0 Å². The maximum Gasteiger partial charge on any atom is 0.244 e. The fraction of sp³-hybridized carbons (Fsp3) is 0.355. The fourth-order valence-electron chi connectivity index (χ4n) is 4.39. The lowest BCUT2D eigenvalue weighted by molar-refractivity contribution is -0.140. The third kappa shape index (κ3) is 8.71. The van der Waals surface area contributed by atoms with Crippen LogP contribution < -0.4 is 14.4 Å². The second-order valence-corrected chi connectivity index (χ2v) is 12.4. The number of carbonyl (C=O) groups is 2. The summed E-state index contributed by atoms with van der Waals surface area (Å²) in [4.78, 5) is 29.4. The van der Waals surface area contributed by atoms with Crippen molar-refractivity contribution in [1.29, 1.82) is 0 Å². The lowest BCUT2D eigenvalue weighted by Gasteiger charge is -2.34. The highest BCUT2D eigenvalue weighted by atomic mass is 35.5. The van der Waals surface area contributed by atoms with Crippen LogP contribution in [0.2, 0.25) is 5.02 Å². The molecule has 3 rings (SSSR count). The van der Waals surface area contributed by atoms with Gasteiger partial charge in [-0.3, -0.25) is 13.9 Å². The van der Waals surface area contributed by atoms with Gasteiger partial charge in [-0.1, -0.05) is 73.1 Å². The standard InChI is InChI=1S/C31H38ClN3O5S/c1-6-23(3)33-31(37)28(19-24-12-8-7-9-13-24)34(20-25-14-10-11-15-26(25)32)30(36)21-35(41(5,38)39)27-18-22(2)16-17-29(27)40-4/h7-18,23,28H,6,19-21H2,1-5H3,(H,33,37)/t23-,28-/m0/s1. The van der Waals surface area contributed by atoms with Crippen LogP contribution in [-0.2, 0) is 32.6 Å². The van der Waals surface area contributed by atoms with Crippen LogP contribution in [0.5, 0.6) is 5.75 Å². The summed E-state index contributed by atoms with van der Waals surface area (Å²) < 4.78 is 32.6. The van der Waals surface area contributed by atoms with Crippen LogP contribution in [0.25, 0.3) is 0 Å².